The van der Waals surface area contributed by atoms with Gasteiger partial charge in [-0.25, -0.2) is 4.99 Å². The van der Waals surface area contributed by atoms with Gasteiger partial charge < -0.3 is 4.90 Å². The molecule has 0 amide bonds. The molecule has 0 spiro atoms. The molecule has 0 N–H and O–H groups in total. The van der Waals surface area contributed by atoms with E-state index >= 15 is 0 Å². The highest BCUT2D eigenvalue weighted by Crippen LogP contribution is 2.19. The number of nitrogens with zero attached hydrogens (tertiary/aromatic N) is 3. The van der Waals surface area contributed by atoms with Gasteiger partial charge in [-0.15, -0.1) is 0 Å². The third-order valence-corrected chi connectivity index (χ3v) is 3.58. The van der Waals surface area contributed by atoms with Crippen molar-refractivity contribution in [1.82, 2.24) is 9.80 Å². The maximum absolute atomic E-state index is 4.49. The van der Waals surface area contributed by atoms with Crippen LogP contribution < -0.4 is 0 Å². The van der Waals surface area contributed by atoms with E-state index in [1.807, 2.05) is 0 Å². The highest BCUT2D eigenvalue weighted by atomic mass is 15.4. The lowest BCUT2D eigenvalue weighted by molar-refractivity contribution is 0.163. The summed E-state index contributed by atoms with van der Waals surface area (Å²) in [6.07, 6.45) is 1.54. The molecule has 0 aromatic heterocycles. The molecular weight excluding hydrogens is 174 g/mol. The minimum Gasteiger partial charge on any atom is -0.340 e. The van der Waals surface area contributed by atoms with Crippen LogP contribution in [0.25, 0.3) is 0 Å². The van der Waals surface area contributed by atoms with Crippen LogP contribution in [0.5, 0.6) is 0 Å². The van der Waals surface area contributed by atoms with Crippen molar-refractivity contribution in [3.8, 4) is 0 Å². The van der Waals surface area contributed by atoms with E-state index in [-0.39, 0.29) is 5.54 Å². The lowest BCUT2D eigenvalue weighted by Gasteiger charge is -2.41. The molecule has 0 saturated heterocycles. The van der Waals surface area contributed by atoms with Crippen LogP contribution in [0.2, 0.25) is 0 Å². The van der Waals surface area contributed by atoms with Crippen molar-refractivity contribution in [2.45, 2.75) is 45.8 Å². The van der Waals surface area contributed by atoms with Gasteiger partial charge in [0, 0.05) is 12.6 Å². The average molecular weight is 197 g/mol. The first-order chi connectivity index (χ1) is 6.38. The molecule has 3 nitrogen and oxygen atoms in total. The Hall–Kier alpha value is -0.570. The monoisotopic (exact) mass is 197 g/mol. The van der Waals surface area contributed by atoms with Gasteiger partial charge in [-0.05, 0) is 34.2 Å². The third-order valence-electron chi connectivity index (χ3n) is 3.58. The van der Waals surface area contributed by atoms with Gasteiger partial charge in [-0.3, -0.25) is 4.90 Å². The molecular formula is C11H23N3. The van der Waals surface area contributed by atoms with Gasteiger partial charge in [0.05, 0.1) is 6.54 Å². The molecule has 0 aromatic carbocycles. The molecule has 1 atom stereocenters. The van der Waals surface area contributed by atoms with Gasteiger partial charge in [-0.2, -0.15) is 0 Å². The van der Waals surface area contributed by atoms with Crippen molar-refractivity contribution in [3.63, 3.8) is 0 Å². The van der Waals surface area contributed by atoms with Crippen molar-refractivity contribution in [2.24, 2.45) is 4.99 Å². The van der Waals surface area contributed by atoms with Crippen molar-refractivity contribution >= 4 is 5.84 Å². The summed E-state index contributed by atoms with van der Waals surface area (Å²) < 4.78 is 0. The van der Waals surface area contributed by atoms with Crippen molar-refractivity contribution in [2.75, 3.05) is 20.6 Å². The van der Waals surface area contributed by atoms with E-state index in [0.717, 1.165) is 13.0 Å². The number of rotatable bonds is 4. The molecule has 0 saturated carbocycles. The van der Waals surface area contributed by atoms with E-state index in [1.54, 1.807) is 0 Å². The van der Waals surface area contributed by atoms with Crippen molar-refractivity contribution in [3.05, 3.63) is 0 Å². The van der Waals surface area contributed by atoms with Crippen LogP contribution >= 0.6 is 0 Å². The molecule has 0 bridgehead atoms. The van der Waals surface area contributed by atoms with Crippen LogP contribution in [0, 0.1) is 0 Å². The van der Waals surface area contributed by atoms with Crippen LogP contribution in [0.1, 0.15) is 34.1 Å². The lowest BCUT2D eigenvalue weighted by Crippen LogP contribution is -2.52. The van der Waals surface area contributed by atoms with Crippen LogP contribution in [-0.4, -0.2) is 48.0 Å². The summed E-state index contributed by atoms with van der Waals surface area (Å²) in [5, 5.41) is 0. The van der Waals surface area contributed by atoms with Gasteiger partial charge in [0.2, 0.25) is 0 Å². The summed E-state index contributed by atoms with van der Waals surface area (Å²) in [5.74, 6) is 1.21. The topological polar surface area (TPSA) is 18.8 Å². The molecule has 1 aliphatic rings. The largest absolute Gasteiger partial charge is 0.340 e. The second-order valence-corrected chi connectivity index (χ2v) is 4.81. The highest BCUT2D eigenvalue weighted by molar-refractivity contribution is 5.88. The van der Waals surface area contributed by atoms with E-state index in [2.05, 4.69) is 56.6 Å². The average Bonchev–Trinajstić information content (AvgIpc) is 2.16. The van der Waals surface area contributed by atoms with Gasteiger partial charge in [-0.1, -0.05) is 6.92 Å². The zero-order valence-corrected chi connectivity index (χ0v) is 10.3. The summed E-state index contributed by atoms with van der Waals surface area (Å²) in [6.45, 7) is 9.85. The van der Waals surface area contributed by atoms with E-state index in [9.17, 15) is 0 Å². The van der Waals surface area contributed by atoms with E-state index in [0.29, 0.717) is 6.17 Å². The van der Waals surface area contributed by atoms with Gasteiger partial charge in [0.1, 0.15) is 12.0 Å². The molecule has 1 heterocycles. The second-order valence-electron chi connectivity index (χ2n) is 4.81. The van der Waals surface area contributed by atoms with Crippen molar-refractivity contribution < 1.29 is 0 Å². The molecule has 1 unspecified atom stereocenters. The smallest absolute Gasteiger partial charge is 0.120 e. The number of likely N-dealkylation sites (N-methyl/N-ethyl adjacent to an activating group) is 2. The Morgan fingerprint density at radius 1 is 1.50 bits per heavy atom. The van der Waals surface area contributed by atoms with Gasteiger partial charge >= 0.3 is 0 Å². The molecule has 1 rings (SSSR count). The zero-order valence-electron chi connectivity index (χ0n) is 10.3. The van der Waals surface area contributed by atoms with E-state index in [1.165, 1.54) is 5.84 Å². The quantitative estimate of drug-likeness (QED) is 0.684. The first-order valence-corrected chi connectivity index (χ1v) is 5.39. The van der Waals surface area contributed by atoms with Gasteiger partial charge in [0.25, 0.3) is 0 Å². The zero-order chi connectivity index (χ0) is 10.9. The Balaban J connectivity index is 2.50. The minimum atomic E-state index is 0.266. The fourth-order valence-electron chi connectivity index (χ4n) is 1.40. The van der Waals surface area contributed by atoms with Crippen LogP contribution in [0.4, 0.5) is 0 Å². The van der Waals surface area contributed by atoms with Crippen LogP contribution in [0.15, 0.2) is 4.99 Å². The Bertz CT molecular complexity index is 233. The molecule has 82 valence electrons. The second kappa shape index (κ2) is 3.89. The predicted octanol–water partition coefficient (Wildman–Crippen LogP) is 1.80. The Morgan fingerprint density at radius 3 is 2.43 bits per heavy atom. The summed E-state index contributed by atoms with van der Waals surface area (Å²) in [6, 6.07) is 0. The molecule has 3 heteroatoms. The number of amidine groups is 1. The Morgan fingerprint density at radius 2 is 2.07 bits per heavy atom. The third kappa shape index (κ3) is 2.08. The molecule has 1 aliphatic heterocycles. The van der Waals surface area contributed by atoms with Crippen LogP contribution in [-0.2, 0) is 0 Å². The van der Waals surface area contributed by atoms with Gasteiger partial charge in [0.15, 0.2) is 0 Å². The molecule has 0 aliphatic carbocycles. The fraction of sp³-hybridized carbons (Fsp3) is 0.909. The molecule has 14 heavy (non-hydrogen) atoms. The summed E-state index contributed by atoms with van der Waals surface area (Å²) in [5.41, 5.74) is 0.266. The Labute approximate surface area is 87.8 Å². The maximum atomic E-state index is 4.49. The number of hydrogen-bond acceptors (Lipinski definition) is 3. The van der Waals surface area contributed by atoms with Crippen LogP contribution in [0.3, 0.4) is 0 Å². The minimum absolute atomic E-state index is 0.266. The fourth-order valence-corrected chi connectivity index (χ4v) is 1.40. The lowest BCUT2D eigenvalue weighted by atomic mass is 10.00. The number of hydrogen-bond donors (Lipinski definition) is 0. The molecule has 0 radical (unpaired) electrons. The summed E-state index contributed by atoms with van der Waals surface area (Å²) in [7, 11) is 4.28. The van der Waals surface area contributed by atoms with E-state index in [4.69, 9.17) is 0 Å². The number of aliphatic imine (C=N–C) groups is 1. The highest BCUT2D eigenvalue weighted by Gasteiger charge is 2.28. The summed E-state index contributed by atoms with van der Waals surface area (Å²) >= 11 is 0. The maximum Gasteiger partial charge on any atom is 0.120 e. The first kappa shape index (κ1) is 11.5. The standard InChI is InChI=1S/C11H23N3/c1-7-11(3,4)13(5)8-10-12-9(2)14(10)6/h9H,7-8H2,1-6H3. The summed E-state index contributed by atoms with van der Waals surface area (Å²) in [4.78, 5) is 9.10. The predicted molar refractivity (Wildman–Crippen MR) is 61.7 cm³/mol. The molecule has 0 fully saturated rings. The Kier molecular flexibility index (Phi) is 3.20. The van der Waals surface area contributed by atoms with E-state index < -0.39 is 0 Å². The van der Waals surface area contributed by atoms with Crippen molar-refractivity contribution in [1.29, 1.82) is 0 Å². The molecule has 0 aromatic rings. The first-order valence-electron chi connectivity index (χ1n) is 5.39. The normalized spacial score (nSPS) is 22.4. The SMILES string of the molecule is CCC(C)(C)N(C)CC1=NC(C)N1C.